The highest BCUT2D eigenvalue weighted by atomic mass is 16.5. The smallest absolute Gasteiger partial charge is 0.319 e. The lowest BCUT2D eigenvalue weighted by Gasteiger charge is -2.35. The van der Waals surface area contributed by atoms with Crippen molar-refractivity contribution >= 4 is 29.4 Å². The predicted octanol–water partition coefficient (Wildman–Crippen LogP) is 1.76. The molecular formula is C25H31N7O4. The minimum Gasteiger partial charge on any atom is -0.377 e. The van der Waals surface area contributed by atoms with E-state index in [9.17, 15) is 14.4 Å². The van der Waals surface area contributed by atoms with Crippen molar-refractivity contribution in [1.82, 2.24) is 20.2 Å². The Bertz CT molecular complexity index is 1170. The second-order valence-electron chi connectivity index (χ2n) is 9.58. The number of amides is 4. The molecule has 5 rings (SSSR count). The minimum atomic E-state index is -0.493. The number of ether oxygens (including phenoxy) is 1. The summed E-state index contributed by atoms with van der Waals surface area (Å²) in [5, 5.41) is 5.76. The van der Waals surface area contributed by atoms with E-state index in [1.54, 1.807) is 4.90 Å². The number of rotatable bonds is 7. The number of hydrogen-bond donors (Lipinski definition) is 3. The molecule has 4 amide bonds. The SMILES string of the molecule is C[C@H]1COCCN1c1nc(-c2ccc(NC(=O)NC3CC3)cc2)nc2c1CN(C(=O)CCC(N)=O)C2. The number of carbonyl (C=O) groups is 3. The van der Waals surface area contributed by atoms with E-state index in [-0.39, 0.29) is 36.9 Å². The molecule has 190 valence electrons. The first-order valence-electron chi connectivity index (χ1n) is 12.4. The summed E-state index contributed by atoms with van der Waals surface area (Å²) in [5.74, 6) is 0.743. The summed E-state index contributed by atoms with van der Waals surface area (Å²) in [6, 6.07) is 7.62. The molecule has 1 atom stereocenters. The molecule has 2 fully saturated rings. The molecule has 1 saturated heterocycles. The largest absolute Gasteiger partial charge is 0.377 e. The van der Waals surface area contributed by atoms with E-state index in [1.807, 2.05) is 24.3 Å². The number of primary amides is 1. The number of nitrogens with zero attached hydrogens (tertiary/aromatic N) is 4. The van der Waals surface area contributed by atoms with Crippen LogP contribution in [0, 0.1) is 0 Å². The van der Waals surface area contributed by atoms with E-state index in [0.29, 0.717) is 44.4 Å². The molecule has 0 unspecified atom stereocenters. The van der Waals surface area contributed by atoms with Gasteiger partial charge in [-0.05, 0) is 44.0 Å². The van der Waals surface area contributed by atoms with Crippen molar-refractivity contribution in [2.75, 3.05) is 30.0 Å². The van der Waals surface area contributed by atoms with Gasteiger partial charge in [0.15, 0.2) is 5.82 Å². The van der Waals surface area contributed by atoms with Gasteiger partial charge in [0.25, 0.3) is 0 Å². The van der Waals surface area contributed by atoms with Crippen LogP contribution < -0.4 is 21.3 Å². The van der Waals surface area contributed by atoms with Crippen molar-refractivity contribution in [3.8, 4) is 11.4 Å². The molecule has 0 bridgehead atoms. The zero-order valence-corrected chi connectivity index (χ0v) is 20.3. The van der Waals surface area contributed by atoms with Crippen LogP contribution >= 0.6 is 0 Å². The average molecular weight is 494 g/mol. The van der Waals surface area contributed by atoms with Crippen LogP contribution in [0.15, 0.2) is 24.3 Å². The van der Waals surface area contributed by atoms with Crippen LogP contribution in [0.25, 0.3) is 11.4 Å². The summed E-state index contributed by atoms with van der Waals surface area (Å²) < 4.78 is 5.62. The number of nitrogens with one attached hydrogen (secondary N) is 2. The highest BCUT2D eigenvalue weighted by molar-refractivity contribution is 5.90. The number of carbonyl (C=O) groups excluding carboxylic acids is 3. The fourth-order valence-electron chi connectivity index (χ4n) is 4.49. The number of anilines is 2. The zero-order chi connectivity index (χ0) is 25.2. The van der Waals surface area contributed by atoms with Gasteiger partial charge in [-0.15, -0.1) is 0 Å². The predicted molar refractivity (Wildman–Crippen MR) is 133 cm³/mol. The molecule has 2 aromatic rings. The van der Waals surface area contributed by atoms with Crippen molar-refractivity contribution in [1.29, 1.82) is 0 Å². The molecule has 0 radical (unpaired) electrons. The van der Waals surface area contributed by atoms with Crippen molar-refractivity contribution in [2.24, 2.45) is 5.73 Å². The van der Waals surface area contributed by atoms with Gasteiger partial charge in [0.05, 0.1) is 38.0 Å². The number of nitrogens with two attached hydrogens (primary N) is 1. The number of fused-ring (bicyclic) bond motifs is 1. The van der Waals surface area contributed by atoms with E-state index in [4.69, 9.17) is 20.4 Å². The van der Waals surface area contributed by atoms with Crippen LogP contribution in [0.4, 0.5) is 16.3 Å². The summed E-state index contributed by atoms with van der Waals surface area (Å²) in [5.41, 5.74) is 8.45. The minimum absolute atomic E-state index is 0.0228. The lowest BCUT2D eigenvalue weighted by molar-refractivity contribution is -0.133. The number of urea groups is 1. The third-order valence-corrected chi connectivity index (χ3v) is 6.65. The summed E-state index contributed by atoms with van der Waals surface area (Å²) in [4.78, 5) is 49.6. The van der Waals surface area contributed by atoms with Crippen molar-refractivity contribution in [2.45, 2.75) is 57.8 Å². The van der Waals surface area contributed by atoms with Gasteiger partial charge in [0.2, 0.25) is 11.8 Å². The van der Waals surface area contributed by atoms with Gasteiger partial charge in [0, 0.05) is 42.2 Å². The first kappa shape index (κ1) is 24.0. The fraction of sp³-hybridized carbons (Fsp3) is 0.480. The molecule has 3 heterocycles. The lowest BCUT2D eigenvalue weighted by Crippen LogP contribution is -2.44. The summed E-state index contributed by atoms with van der Waals surface area (Å²) in [6.07, 6.45) is 2.16. The molecule has 11 nitrogen and oxygen atoms in total. The first-order chi connectivity index (χ1) is 17.4. The normalized spacial score (nSPS) is 19.1. The standard InChI is InChI=1S/C25H31N7O4/c1-15-14-36-11-10-32(15)24-19-12-31(22(34)9-8-21(26)33)13-20(19)29-23(30-24)16-2-4-17(5-3-16)27-25(35)28-18-6-7-18/h2-5,15,18H,6-14H2,1H3,(H2,26,33)(H2,27,28,35)/t15-/m0/s1. The quantitative estimate of drug-likeness (QED) is 0.533. The Labute approximate surface area is 209 Å². The summed E-state index contributed by atoms with van der Waals surface area (Å²) in [6.45, 7) is 4.73. The molecule has 36 heavy (non-hydrogen) atoms. The monoisotopic (exact) mass is 493 g/mol. The van der Waals surface area contributed by atoms with Crippen LogP contribution in [0.2, 0.25) is 0 Å². The Balaban J connectivity index is 1.40. The van der Waals surface area contributed by atoms with Gasteiger partial charge >= 0.3 is 6.03 Å². The summed E-state index contributed by atoms with van der Waals surface area (Å²) in [7, 11) is 0. The number of morpholine rings is 1. The van der Waals surface area contributed by atoms with E-state index >= 15 is 0 Å². The molecule has 1 saturated carbocycles. The van der Waals surface area contributed by atoms with Crippen LogP contribution in [0.3, 0.4) is 0 Å². The molecular weight excluding hydrogens is 462 g/mol. The second kappa shape index (κ2) is 10.1. The van der Waals surface area contributed by atoms with Crippen molar-refractivity contribution in [3.05, 3.63) is 35.5 Å². The Morgan fingerprint density at radius 3 is 2.58 bits per heavy atom. The first-order valence-corrected chi connectivity index (χ1v) is 12.4. The number of benzene rings is 1. The van der Waals surface area contributed by atoms with Gasteiger partial charge in [-0.2, -0.15) is 0 Å². The summed E-state index contributed by atoms with van der Waals surface area (Å²) >= 11 is 0. The van der Waals surface area contributed by atoms with Gasteiger partial charge in [-0.3, -0.25) is 9.59 Å². The van der Waals surface area contributed by atoms with Gasteiger partial charge in [0.1, 0.15) is 5.82 Å². The van der Waals surface area contributed by atoms with E-state index in [1.165, 1.54) is 0 Å². The van der Waals surface area contributed by atoms with Gasteiger partial charge in [-0.25, -0.2) is 14.8 Å². The van der Waals surface area contributed by atoms with Gasteiger partial charge < -0.3 is 30.9 Å². The maximum Gasteiger partial charge on any atom is 0.319 e. The highest BCUT2D eigenvalue weighted by Gasteiger charge is 2.32. The average Bonchev–Trinajstić information content (AvgIpc) is 3.56. The van der Waals surface area contributed by atoms with Crippen LogP contribution in [0.1, 0.15) is 43.9 Å². The van der Waals surface area contributed by atoms with Crippen molar-refractivity contribution in [3.63, 3.8) is 0 Å². The molecule has 1 aromatic carbocycles. The Morgan fingerprint density at radius 1 is 1.11 bits per heavy atom. The maximum absolute atomic E-state index is 12.7. The van der Waals surface area contributed by atoms with Gasteiger partial charge in [-0.1, -0.05) is 0 Å². The van der Waals surface area contributed by atoms with E-state index in [2.05, 4.69) is 22.5 Å². The van der Waals surface area contributed by atoms with Crippen LogP contribution in [-0.2, 0) is 27.4 Å². The van der Waals surface area contributed by atoms with Crippen LogP contribution in [-0.4, -0.2) is 64.6 Å². The molecule has 4 N–H and O–H groups in total. The fourth-order valence-corrected chi connectivity index (χ4v) is 4.49. The highest BCUT2D eigenvalue weighted by Crippen LogP contribution is 2.34. The Morgan fingerprint density at radius 2 is 1.89 bits per heavy atom. The maximum atomic E-state index is 12.7. The van der Waals surface area contributed by atoms with E-state index in [0.717, 1.165) is 35.5 Å². The lowest BCUT2D eigenvalue weighted by atomic mass is 10.1. The third kappa shape index (κ3) is 5.40. The number of aromatic nitrogens is 2. The third-order valence-electron chi connectivity index (χ3n) is 6.65. The second-order valence-corrected chi connectivity index (χ2v) is 9.58. The molecule has 1 aromatic heterocycles. The van der Waals surface area contributed by atoms with E-state index < -0.39 is 5.91 Å². The Kier molecular flexibility index (Phi) is 6.73. The molecule has 0 spiro atoms. The molecule has 3 aliphatic rings. The zero-order valence-electron chi connectivity index (χ0n) is 20.3. The molecule has 2 aliphatic heterocycles. The molecule has 1 aliphatic carbocycles. The topological polar surface area (TPSA) is 143 Å². The Hall–Kier alpha value is -3.73. The van der Waals surface area contributed by atoms with Crippen LogP contribution in [0.5, 0.6) is 0 Å². The number of hydrogen-bond acceptors (Lipinski definition) is 7. The molecule has 11 heteroatoms. The van der Waals surface area contributed by atoms with Crippen molar-refractivity contribution < 1.29 is 19.1 Å².